The Morgan fingerprint density at radius 3 is 1.10 bits per heavy atom. The number of hydrogen-bond acceptors (Lipinski definition) is 7. The molecule has 0 unspecified atom stereocenters. The van der Waals surface area contributed by atoms with Crippen molar-refractivity contribution < 1.29 is 33.0 Å². The molecule has 0 N–H and O–H groups in total. The molecule has 0 aliphatic heterocycles. The van der Waals surface area contributed by atoms with Crippen LogP contribution in [0.15, 0.2) is 0 Å². The van der Waals surface area contributed by atoms with Crippen LogP contribution in [-0.4, -0.2) is 45.5 Å². The van der Waals surface area contributed by atoms with Crippen LogP contribution < -0.4 is 19.6 Å². The van der Waals surface area contributed by atoms with E-state index < -0.39 is 15.6 Å². The van der Waals surface area contributed by atoms with Gasteiger partial charge in [0.15, 0.2) is 0 Å². The van der Waals surface area contributed by atoms with E-state index in [9.17, 15) is 28.7 Å². The molecule has 10 heteroatoms. The van der Waals surface area contributed by atoms with Gasteiger partial charge in [-0.1, -0.05) is 0 Å². The first-order valence-corrected chi connectivity index (χ1v) is 4.38. The van der Waals surface area contributed by atoms with E-state index in [2.05, 4.69) is 4.31 Å². The van der Waals surface area contributed by atoms with Gasteiger partial charge in [0.1, 0.15) is 0 Å². The van der Waals surface area contributed by atoms with Crippen LogP contribution in [-0.2, 0) is 13.4 Å². The maximum Gasteiger partial charge on any atom is 2.00 e. The van der Waals surface area contributed by atoms with Crippen molar-refractivity contribution in [1.82, 2.24) is 0 Å². The normalized spacial score (nSPS) is 12.4. The Hall–Kier alpha value is 1.74. The van der Waals surface area contributed by atoms with E-state index in [0.717, 1.165) is 0 Å². The summed E-state index contributed by atoms with van der Waals surface area (Å²) in [6.45, 7) is 0. The van der Waals surface area contributed by atoms with Gasteiger partial charge in [0.05, 0.1) is 15.6 Å². The summed E-state index contributed by atoms with van der Waals surface area (Å²) in [7, 11) is -11.4. The molecule has 0 spiro atoms. The predicted molar refractivity (Wildman–Crippen MR) is 22.1 cm³/mol. The number of phosphoric acid groups is 2. The molecule has 0 aromatic carbocycles. The minimum Gasteiger partial charge on any atom is -0.790 e. The van der Waals surface area contributed by atoms with Crippen molar-refractivity contribution >= 4 is 61.1 Å². The molecule has 0 saturated carbocycles. The van der Waals surface area contributed by atoms with E-state index in [4.69, 9.17) is 0 Å². The average Bonchev–Trinajstić information content (AvgIpc) is 1.14. The Balaban J connectivity index is 0. The topological polar surface area (TPSA) is 136 Å². The van der Waals surface area contributed by atoms with Gasteiger partial charge >= 0.3 is 45.5 Å². The fraction of sp³-hybridized carbons (Fsp3) is 0. The summed E-state index contributed by atoms with van der Waals surface area (Å²) < 4.78 is 21.2. The molecular formula is O7P2Sr-2. The maximum atomic E-state index is 9.32. The van der Waals surface area contributed by atoms with E-state index >= 15 is 0 Å². The Morgan fingerprint density at radius 1 is 0.900 bits per heavy atom. The van der Waals surface area contributed by atoms with Crippen LogP contribution in [0.5, 0.6) is 0 Å². The van der Waals surface area contributed by atoms with Crippen LogP contribution in [0.4, 0.5) is 0 Å². The van der Waals surface area contributed by atoms with Crippen LogP contribution in [0.3, 0.4) is 0 Å². The summed E-state index contributed by atoms with van der Waals surface area (Å²) in [6.07, 6.45) is 0. The summed E-state index contributed by atoms with van der Waals surface area (Å²) in [4.78, 5) is 37.3. The van der Waals surface area contributed by atoms with E-state index in [1.807, 2.05) is 0 Å². The number of rotatable bonds is 2. The molecule has 0 aromatic heterocycles. The van der Waals surface area contributed by atoms with Gasteiger partial charge in [-0.3, -0.25) is 0 Å². The van der Waals surface area contributed by atoms with Crippen molar-refractivity contribution in [2.45, 2.75) is 0 Å². The van der Waals surface area contributed by atoms with Gasteiger partial charge in [0.25, 0.3) is 0 Å². The molecule has 0 heterocycles. The van der Waals surface area contributed by atoms with Gasteiger partial charge < -0.3 is 33.0 Å². The third-order valence-corrected chi connectivity index (χ3v) is 1.80. The predicted octanol–water partition coefficient (Wildman–Crippen LogP) is -3.72. The van der Waals surface area contributed by atoms with Gasteiger partial charge in [0.2, 0.25) is 0 Å². The first-order chi connectivity index (χ1) is 3.71. The molecular weight excluding hydrogens is 262 g/mol. The monoisotopic (exact) mass is 262 g/mol. The molecule has 0 aliphatic rings. The third-order valence-electron chi connectivity index (χ3n) is 0.200. The van der Waals surface area contributed by atoms with Crippen LogP contribution in [0.2, 0.25) is 0 Å². The second kappa shape index (κ2) is 4.69. The Morgan fingerprint density at radius 2 is 1.10 bits per heavy atom. The van der Waals surface area contributed by atoms with E-state index in [1.165, 1.54) is 0 Å². The van der Waals surface area contributed by atoms with Crippen LogP contribution in [0.1, 0.15) is 0 Å². The molecule has 56 valence electrons. The molecule has 0 amide bonds. The van der Waals surface area contributed by atoms with Crippen molar-refractivity contribution in [3.63, 3.8) is 0 Å². The van der Waals surface area contributed by atoms with Crippen molar-refractivity contribution in [1.29, 1.82) is 0 Å². The zero-order valence-electron chi connectivity index (χ0n) is 4.46. The second-order valence-corrected chi connectivity index (χ2v) is 3.42. The molecule has 7 nitrogen and oxygen atoms in total. The van der Waals surface area contributed by atoms with Crippen LogP contribution in [0, 0.1) is 0 Å². The fourth-order valence-corrected chi connectivity index (χ4v) is 1.10. The molecule has 10 heavy (non-hydrogen) atoms. The largest absolute Gasteiger partial charge is 2.00 e. The quantitative estimate of drug-likeness (QED) is 0.368. The zero-order valence-corrected chi connectivity index (χ0v) is 9.72. The zero-order chi connectivity index (χ0) is 7.71. The minimum atomic E-state index is -5.68. The summed E-state index contributed by atoms with van der Waals surface area (Å²) in [5.41, 5.74) is 0. The SMILES string of the molecule is O=P([O-])([O-])OP(=O)([O-])[O-].[Sr+2]. The van der Waals surface area contributed by atoms with Crippen molar-refractivity contribution in [3.05, 3.63) is 0 Å². The minimum absolute atomic E-state index is 0. The smallest absolute Gasteiger partial charge is 0.790 e. The molecule has 0 fully saturated rings. The second-order valence-electron chi connectivity index (χ2n) is 0.976. The summed E-state index contributed by atoms with van der Waals surface area (Å²) in [6, 6.07) is 0. The van der Waals surface area contributed by atoms with Crippen molar-refractivity contribution in [3.8, 4) is 0 Å². The molecule has 0 atom stereocenters. The molecule has 0 bridgehead atoms. The molecule has 0 rings (SSSR count). The van der Waals surface area contributed by atoms with Crippen LogP contribution in [0.25, 0.3) is 0 Å². The Bertz CT molecular complexity index is 152. The summed E-state index contributed by atoms with van der Waals surface area (Å²) >= 11 is 0. The first kappa shape index (κ1) is 14.3. The van der Waals surface area contributed by atoms with Gasteiger partial charge in [-0.15, -0.1) is 0 Å². The van der Waals surface area contributed by atoms with Crippen molar-refractivity contribution in [2.75, 3.05) is 0 Å². The maximum absolute atomic E-state index is 9.32. The number of hydrogen-bond donors (Lipinski definition) is 0. The van der Waals surface area contributed by atoms with Gasteiger partial charge in [-0.25, -0.2) is 0 Å². The van der Waals surface area contributed by atoms with E-state index in [1.54, 1.807) is 0 Å². The van der Waals surface area contributed by atoms with Crippen LogP contribution >= 0.6 is 15.6 Å². The summed E-state index contributed by atoms with van der Waals surface area (Å²) in [5, 5.41) is 0. The molecule has 0 aliphatic carbocycles. The first-order valence-electron chi connectivity index (χ1n) is 1.46. The van der Waals surface area contributed by atoms with E-state index in [0.29, 0.717) is 0 Å². The van der Waals surface area contributed by atoms with Crippen molar-refractivity contribution in [2.24, 2.45) is 0 Å². The van der Waals surface area contributed by atoms with Gasteiger partial charge in [0, 0.05) is 0 Å². The molecule has 0 aromatic rings. The molecule has 0 saturated heterocycles. The van der Waals surface area contributed by atoms with Gasteiger partial charge in [-0.05, 0) is 0 Å². The van der Waals surface area contributed by atoms with Gasteiger partial charge in [-0.2, -0.15) is 0 Å². The standard InChI is InChI=1S/H4O7P2.Sr/c1-8(2,3)7-9(4,5)6;/h(H2,1,2,3)(H2,4,5,6);/q;+2/p-4. The Labute approximate surface area is 93.2 Å². The summed E-state index contributed by atoms with van der Waals surface area (Å²) in [5.74, 6) is 0. The fourth-order valence-electron chi connectivity index (χ4n) is 0.122. The Kier molecular flexibility index (Phi) is 6.69. The third kappa shape index (κ3) is 12.4. The average molecular weight is 262 g/mol. The molecule has 0 radical (unpaired) electrons. The van der Waals surface area contributed by atoms with E-state index in [-0.39, 0.29) is 45.5 Å².